The molecule has 1 N–H and O–H groups in total. The molecule has 19 heavy (non-hydrogen) atoms. The van der Waals surface area contributed by atoms with E-state index >= 15 is 0 Å². The minimum absolute atomic E-state index is 0.243. The van der Waals surface area contributed by atoms with Crippen LogP contribution in [-0.4, -0.2) is 22.2 Å². The highest BCUT2D eigenvalue weighted by Crippen LogP contribution is 2.34. The zero-order valence-electron chi connectivity index (χ0n) is 11.7. The Morgan fingerprint density at radius 2 is 2.00 bits per heavy atom. The molecule has 0 saturated carbocycles. The first-order valence-corrected chi connectivity index (χ1v) is 7.44. The van der Waals surface area contributed by atoms with Gasteiger partial charge in [-0.05, 0) is 44.9 Å². The van der Waals surface area contributed by atoms with Crippen molar-refractivity contribution in [2.45, 2.75) is 38.0 Å². The van der Waals surface area contributed by atoms with Gasteiger partial charge in [-0.3, -0.25) is 0 Å². The first-order chi connectivity index (χ1) is 8.76. The zero-order valence-corrected chi connectivity index (χ0v) is 12.6. The fraction of sp³-hybridized carbons (Fsp3) is 0.571. The second kappa shape index (κ2) is 4.96. The molecule has 5 heteroatoms. The Morgan fingerprint density at radius 1 is 1.37 bits per heavy atom. The van der Waals surface area contributed by atoms with Gasteiger partial charge in [0.05, 0.1) is 28.9 Å². The smallest absolute Gasteiger partial charge is 0.126 e. The lowest BCUT2D eigenvalue weighted by atomic mass is 9.86. The maximum atomic E-state index is 13.7. The average molecular weight is 285 g/mol. The van der Waals surface area contributed by atoms with Crippen molar-refractivity contribution in [3.8, 4) is 0 Å². The summed E-state index contributed by atoms with van der Waals surface area (Å²) in [5.74, 6) is -0.243. The standard InChI is InChI=1S/C14H20FNO2S/c1-10-11(6-5-7-12(10)15)14(8-18-9-14)16-19(17)13(2,3)4/h5-7,16H,8-9H2,1-4H3. The number of rotatable bonds is 3. The van der Waals surface area contributed by atoms with E-state index in [1.54, 1.807) is 13.0 Å². The summed E-state index contributed by atoms with van der Waals surface area (Å²) in [6.07, 6.45) is 0. The van der Waals surface area contributed by atoms with Gasteiger partial charge in [0.15, 0.2) is 0 Å². The molecule has 0 bridgehead atoms. The summed E-state index contributed by atoms with van der Waals surface area (Å²) >= 11 is 0. The molecule has 1 unspecified atom stereocenters. The molecule has 0 amide bonds. The number of hydrogen-bond acceptors (Lipinski definition) is 2. The van der Waals surface area contributed by atoms with Gasteiger partial charge in [0.25, 0.3) is 0 Å². The summed E-state index contributed by atoms with van der Waals surface area (Å²) in [5, 5.41) is 0. The summed E-state index contributed by atoms with van der Waals surface area (Å²) in [5.41, 5.74) is 0.880. The van der Waals surface area contributed by atoms with Crippen LogP contribution in [0.25, 0.3) is 0 Å². The Kier molecular flexibility index (Phi) is 3.82. The van der Waals surface area contributed by atoms with Crippen molar-refractivity contribution in [2.24, 2.45) is 0 Å². The maximum absolute atomic E-state index is 13.7. The molecule has 1 atom stereocenters. The van der Waals surface area contributed by atoms with Gasteiger partial charge in [0.2, 0.25) is 0 Å². The highest BCUT2D eigenvalue weighted by Gasteiger charge is 2.44. The molecular weight excluding hydrogens is 265 g/mol. The highest BCUT2D eigenvalue weighted by molar-refractivity contribution is 7.84. The first kappa shape index (κ1) is 14.6. The average Bonchev–Trinajstić information content (AvgIpc) is 2.26. The molecule has 1 saturated heterocycles. The Bertz CT molecular complexity index is 507. The topological polar surface area (TPSA) is 38.3 Å². The van der Waals surface area contributed by atoms with E-state index in [4.69, 9.17) is 4.74 Å². The molecule has 106 valence electrons. The minimum Gasteiger partial charge on any atom is -0.377 e. The third kappa shape index (κ3) is 2.73. The van der Waals surface area contributed by atoms with Crippen LogP contribution < -0.4 is 4.72 Å². The van der Waals surface area contributed by atoms with E-state index in [2.05, 4.69) is 4.72 Å². The van der Waals surface area contributed by atoms with Crippen molar-refractivity contribution in [1.82, 2.24) is 4.72 Å². The van der Waals surface area contributed by atoms with Crippen molar-refractivity contribution in [2.75, 3.05) is 13.2 Å². The summed E-state index contributed by atoms with van der Waals surface area (Å²) < 4.78 is 34.0. The van der Waals surface area contributed by atoms with Crippen LogP contribution in [0.4, 0.5) is 4.39 Å². The van der Waals surface area contributed by atoms with Crippen LogP contribution in [0.1, 0.15) is 31.9 Å². The van der Waals surface area contributed by atoms with Crippen LogP contribution in [0, 0.1) is 12.7 Å². The van der Waals surface area contributed by atoms with Gasteiger partial charge < -0.3 is 4.74 Å². The zero-order chi connectivity index (χ0) is 14.3. The van der Waals surface area contributed by atoms with Crippen molar-refractivity contribution < 1.29 is 13.3 Å². The third-order valence-corrected chi connectivity index (χ3v) is 5.01. The van der Waals surface area contributed by atoms with E-state index in [0.717, 1.165) is 5.56 Å². The molecule has 1 heterocycles. The van der Waals surface area contributed by atoms with Crippen molar-refractivity contribution in [3.05, 3.63) is 35.1 Å². The van der Waals surface area contributed by atoms with Crippen LogP contribution in [0.3, 0.4) is 0 Å². The number of hydrogen-bond donors (Lipinski definition) is 1. The second-order valence-corrected chi connectivity index (χ2v) is 7.94. The molecule has 0 radical (unpaired) electrons. The maximum Gasteiger partial charge on any atom is 0.126 e. The molecule has 1 aliphatic heterocycles. The number of nitrogens with one attached hydrogen (secondary N) is 1. The normalized spacial score (nSPS) is 19.8. The summed E-state index contributed by atoms with van der Waals surface area (Å²) in [6.45, 7) is 8.29. The Morgan fingerprint density at radius 3 is 2.47 bits per heavy atom. The molecule has 0 spiro atoms. The van der Waals surface area contributed by atoms with Gasteiger partial charge >= 0.3 is 0 Å². The van der Waals surface area contributed by atoms with Crippen molar-refractivity contribution in [1.29, 1.82) is 0 Å². The van der Waals surface area contributed by atoms with Gasteiger partial charge in [-0.15, -0.1) is 0 Å². The largest absolute Gasteiger partial charge is 0.377 e. The Balaban J connectivity index is 2.33. The van der Waals surface area contributed by atoms with E-state index < -0.39 is 16.5 Å². The van der Waals surface area contributed by atoms with Crippen LogP contribution in [-0.2, 0) is 21.3 Å². The fourth-order valence-corrected chi connectivity index (χ4v) is 2.92. The van der Waals surface area contributed by atoms with E-state index in [0.29, 0.717) is 18.8 Å². The molecule has 0 aliphatic carbocycles. The predicted molar refractivity (Wildman–Crippen MR) is 74.7 cm³/mol. The molecule has 1 aromatic carbocycles. The predicted octanol–water partition coefficient (Wildman–Crippen LogP) is 2.41. The van der Waals surface area contributed by atoms with Crippen LogP contribution in [0.2, 0.25) is 0 Å². The van der Waals surface area contributed by atoms with E-state index in [1.807, 2.05) is 26.8 Å². The Hall–Kier alpha value is -0.780. The van der Waals surface area contributed by atoms with E-state index in [1.165, 1.54) is 6.07 Å². The molecule has 2 rings (SSSR count). The van der Waals surface area contributed by atoms with Crippen LogP contribution in [0.15, 0.2) is 18.2 Å². The molecule has 0 aromatic heterocycles. The molecule has 1 fully saturated rings. The molecule has 1 aliphatic rings. The highest BCUT2D eigenvalue weighted by atomic mass is 32.2. The van der Waals surface area contributed by atoms with Crippen LogP contribution in [0.5, 0.6) is 0 Å². The summed E-state index contributed by atoms with van der Waals surface area (Å²) in [4.78, 5) is 0. The third-order valence-electron chi connectivity index (χ3n) is 3.32. The Labute approximate surface area is 116 Å². The summed E-state index contributed by atoms with van der Waals surface area (Å²) in [6, 6.07) is 4.99. The van der Waals surface area contributed by atoms with E-state index in [-0.39, 0.29) is 10.6 Å². The van der Waals surface area contributed by atoms with E-state index in [9.17, 15) is 8.60 Å². The number of ether oxygens (including phenoxy) is 1. The number of halogens is 1. The SMILES string of the molecule is Cc1c(F)cccc1C1(NS(=O)C(C)(C)C)COC1. The number of benzene rings is 1. The quantitative estimate of drug-likeness (QED) is 0.926. The lowest BCUT2D eigenvalue weighted by Gasteiger charge is -2.44. The first-order valence-electron chi connectivity index (χ1n) is 6.29. The molecule has 3 nitrogen and oxygen atoms in total. The molecular formula is C14H20FNO2S. The molecule has 1 aromatic rings. The van der Waals surface area contributed by atoms with Crippen molar-refractivity contribution in [3.63, 3.8) is 0 Å². The van der Waals surface area contributed by atoms with Gasteiger partial charge in [0.1, 0.15) is 11.4 Å². The lowest BCUT2D eigenvalue weighted by molar-refractivity contribution is -0.0663. The van der Waals surface area contributed by atoms with Crippen LogP contribution >= 0.6 is 0 Å². The second-order valence-electron chi connectivity index (χ2n) is 5.97. The fourth-order valence-electron chi connectivity index (χ4n) is 2.03. The van der Waals surface area contributed by atoms with Gasteiger partial charge in [-0.25, -0.2) is 13.3 Å². The van der Waals surface area contributed by atoms with Gasteiger partial charge in [-0.1, -0.05) is 12.1 Å². The monoisotopic (exact) mass is 285 g/mol. The van der Waals surface area contributed by atoms with Gasteiger partial charge in [0, 0.05) is 0 Å². The van der Waals surface area contributed by atoms with Crippen molar-refractivity contribution >= 4 is 11.0 Å². The minimum atomic E-state index is -1.22. The summed E-state index contributed by atoms with van der Waals surface area (Å²) in [7, 11) is -1.22. The van der Waals surface area contributed by atoms with Gasteiger partial charge in [-0.2, -0.15) is 0 Å². The lowest BCUT2D eigenvalue weighted by Crippen LogP contribution is -2.60.